The molecule has 0 atom stereocenters. The van der Waals surface area contributed by atoms with Crippen molar-refractivity contribution >= 4 is 0 Å². The lowest BCUT2D eigenvalue weighted by Gasteiger charge is -2.30. The number of rotatable bonds is 7. The van der Waals surface area contributed by atoms with Gasteiger partial charge < -0.3 is 4.74 Å². The van der Waals surface area contributed by atoms with Gasteiger partial charge in [0, 0.05) is 0 Å². The van der Waals surface area contributed by atoms with Crippen LogP contribution in [0.2, 0.25) is 0 Å². The Morgan fingerprint density at radius 3 is 2.30 bits per heavy atom. The molecule has 0 spiro atoms. The van der Waals surface area contributed by atoms with E-state index in [4.69, 9.17) is 4.74 Å². The predicted molar refractivity (Wildman–Crippen MR) is 91.1 cm³/mol. The van der Waals surface area contributed by atoms with Gasteiger partial charge in [0.05, 0.1) is 7.11 Å². The van der Waals surface area contributed by atoms with Gasteiger partial charge in [-0.05, 0) is 61.1 Å². The van der Waals surface area contributed by atoms with Crippen molar-refractivity contribution in [3.05, 3.63) is 28.8 Å². The summed E-state index contributed by atoms with van der Waals surface area (Å²) in [6, 6.07) is 1.74. The summed E-state index contributed by atoms with van der Waals surface area (Å²) < 4.78 is 33.3. The average molecular weight is 324 g/mol. The number of hydrogen-bond acceptors (Lipinski definition) is 1. The van der Waals surface area contributed by atoms with Crippen LogP contribution in [0.25, 0.3) is 0 Å². The number of benzene rings is 1. The molecule has 1 aromatic carbocycles. The third-order valence-corrected chi connectivity index (χ3v) is 5.39. The van der Waals surface area contributed by atoms with Crippen molar-refractivity contribution in [3.63, 3.8) is 0 Å². The molecule has 1 fully saturated rings. The van der Waals surface area contributed by atoms with Crippen LogP contribution in [0, 0.1) is 17.6 Å². The molecule has 1 aliphatic rings. The third-order valence-electron chi connectivity index (χ3n) is 5.39. The summed E-state index contributed by atoms with van der Waals surface area (Å²) in [5.41, 5.74) is 1.51. The second-order valence-electron chi connectivity index (χ2n) is 6.84. The van der Waals surface area contributed by atoms with Crippen LogP contribution in [0.15, 0.2) is 6.07 Å². The Balaban J connectivity index is 2.09. The summed E-state index contributed by atoms with van der Waals surface area (Å²) in [7, 11) is 1.40. The number of hydrogen-bond donors (Lipinski definition) is 0. The van der Waals surface area contributed by atoms with Gasteiger partial charge in [-0.25, -0.2) is 4.39 Å². The molecule has 0 N–H and O–H groups in total. The van der Waals surface area contributed by atoms with Crippen LogP contribution in [-0.2, 0) is 6.42 Å². The van der Waals surface area contributed by atoms with Gasteiger partial charge in [-0.15, -0.1) is 0 Å². The van der Waals surface area contributed by atoms with E-state index in [-0.39, 0.29) is 5.75 Å². The second-order valence-corrected chi connectivity index (χ2v) is 6.84. The molecule has 0 amide bonds. The van der Waals surface area contributed by atoms with Crippen LogP contribution >= 0.6 is 0 Å². The van der Waals surface area contributed by atoms with Gasteiger partial charge >= 0.3 is 0 Å². The Hall–Kier alpha value is -1.12. The Morgan fingerprint density at radius 1 is 1.04 bits per heavy atom. The third kappa shape index (κ3) is 4.24. The normalized spacial score (nSPS) is 21.4. The lowest BCUT2D eigenvalue weighted by atomic mass is 9.75. The van der Waals surface area contributed by atoms with Gasteiger partial charge in [0.25, 0.3) is 0 Å². The summed E-state index contributed by atoms with van der Waals surface area (Å²) in [4.78, 5) is 0. The summed E-state index contributed by atoms with van der Waals surface area (Å²) in [6.45, 7) is 4.13. The smallest absolute Gasteiger partial charge is 0.200 e. The summed E-state index contributed by atoms with van der Waals surface area (Å²) in [5.74, 6) is -0.362. The molecule has 1 aliphatic carbocycles. The van der Waals surface area contributed by atoms with Crippen molar-refractivity contribution in [1.82, 2.24) is 0 Å². The van der Waals surface area contributed by atoms with E-state index >= 15 is 0 Å². The monoisotopic (exact) mass is 324 g/mol. The van der Waals surface area contributed by atoms with Crippen molar-refractivity contribution in [2.24, 2.45) is 5.92 Å². The van der Waals surface area contributed by atoms with E-state index in [1.807, 2.05) is 6.92 Å². The summed E-state index contributed by atoms with van der Waals surface area (Å²) >= 11 is 0. The maximum absolute atomic E-state index is 14.3. The molecule has 1 nitrogen and oxygen atoms in total. The maximum Gasteiger partial charge on any atom is 0.200 e. The molecule has 1 saturated carbocycles. The molecule has 0 unspecified atom stereocenters. The Kier molecular flexibility index (Phi) is 6.86. The molecular formula is C20H30F2O. The first-order valence-electron chi connectivity index (χ1n) is 9.17. The minimum absolute atomic E-state index is 0.0415. The lowest BCUT2D eigenvalue weighted by Crippen LogP contribution is -2.16. The quantitative estimate of drug-likeness (QED) is 0.528. The number of halogens is 2. The van der Waals surface area contributed by atoms with Gasteiger partial charge in [0.1, 0.15) is 0 Å². The maximum atomic E-state index is 14.3. The first kappa shape index (κ1) is 18.2. The molecule has 0 aliphatic heterocycles. The molecule has 23 heavy (non-hydrogen) atoms. The van der Waals surface area contributed by atoms with Gasteiger partial charge in [0.2, 0.25) is 5.82 Å². The standard InChI is InChI=1S/C20H30F2O/c1-4-6-7-8-14-9-11-15(12-10-14)17-13-18(23-3)20(22)19(21)16(17)5-2/h13-15H,4-12H2,1-3H3. The SMILES string of the molecule is CCCCCC1CCC(c2cc(OC)c(F)c(F)c2CC)CC1. The summed E-state index contributed by atoms with van der Waals surface area (Å²) in [5, 5.41) is 0. The number of methoxy groups -OCH3 is 1. The van der Waals surface area contributed by atoms with Crippen molar-refractivity contribution in [2.45, 2.75) is 77.6 Å². The Bertz CT molecular complexity index is 505. The van der Waals surface area contributed by atoms with Crippen LogP contribution in [0.1, 0.15) is 82.3 Å². The molecule has 0 saturated heterocycles. The van der Waals surface area contributed by atoms with Crippen LogP contribution in [-0.4, -0.2) is 7.11 Å². The van der Waals surface area contributed by atoms with E-state index in [0.717, 1.165) is 24.3 Å². The molecule has 2 rings (SSSR count). The average Bonchev–Trinajstić information content (AvgIpc) is 2.58. The molecule has 0 heterocycles. The topological polar surface area (TPSA) is 9.23 Å². The fourth-order valence-corrected chi connectivity index (χ4v) is 3.98. The first-order chi connectivity index (χ1) is 11.1. The molecule has 0 radical (unpaired) electrons. The summed E-state index contributed by atoms with van der Waals surface area (Å²) in [6.07, 6.45) is 10.3. The molecule has 130 valence electrons. The second kappa shape index (κ2) is 8.65. The molecule has 0 aromatic heterocycles. The molecule has 0 bridgehead atoms. The number of ether oxygens (including phenoxy) is 1. The van der Waals surface area contributed by atoms with Crippen molar-refractivity contribution < 1.29 is 13.5 Å². The van der Waals surface area contributed by atoms with E-state index in [9.17, 15) is 8.78 Å². The van der Waals surface area contributed by atoms with Crippen LogP contribution in [0.4, 0.5) is 8.78 Å². The van der Waals surface area contributed by atoms with Crippen LogP contribution < -0.4 is 4.74 Å². The lowest BCUT2D eigenvalue weighted by molar-refractivity contribution is 0.300. The fourth-order valence-electron chi connectivity index (χ4n) is 3.98. The highest BCUT2D eigenvalue weighted by molar-refractivity contribution is 5.40. The van der Waals surface area contributed by atoms with Crippen molar-refractivity contribution in [2.75, 3.05) is 7.11 Å². The van der Waals surface area contributed by atoms with Gasteiger partial charge in [-0.3, -0.25) is 0 Å². The predicted octanol–water partition coefficient (Wildman–Crippen LogP) is 6.39. The van der Waals surface area contributed by atoms with Crippen molar-refractivity contribution in [1.29, 1.82) is 0 Å². The van der Waals surface area contributed by atoms with Gasteiger partial charge in [0.15, 0.2) is 11.6 Å². The minimum Gasteiger partial charge on any atom is -0.494 e. The van der Waals surface area contributed by atoms with E-state index in [2.05, 4.69) is 6.92 Å². The molecular weight excluding hydrogens is 294 g/mol. The minimum atomic E-state index is -0.846. The zero-order valence-corrected chi connectivity index (χ0v) is 14.8. The number of unbranched alkanes of at least 4 members (excludes halogenated alkanes) is 2. The highest BCUT2D eigenvalue weighted by atomic mass is 19.2. The van der Waals surface area contributed by atoms with Gasteiger partial charge in [-0.1, -0.05) is 39.5 Å². The zero-order valence-electron chi connectivity index (χ0n) is 14.8. The van der Waals surface area contributed by atoms with Crippen LogP contribution in [0.3, 0.4) is 0 Å². The van der Waals surface area contributed by atoms with E-state index < -0.39 is 11.6 Å². The largest absolute Gasteiger partial charge is 0.494 e. The first-order valence-corrected chi connectivity index (χ1v) is 9.17. The highest BCUT2D eigenvalue weighted by Crippen LogP contribution is 2.41. The fraction of sp³-hybridized carbons (Fsp3) is 0.700. The van der Waals surface area contributed by atoms with Crippen LogP contribution in [0.5, 0.6) is 5.75 Å². The highest BCUT2D eigenvalue weighted by Gasteiger charge is 2.27. The van der Waals surface area contributed by atoms with E-state index in [1.54, 1.807) is 6.07 Å². The van der Waals surface area contributed by atoms with E-state index in [1.165, 1.54) is 45.6 Å². The van der Waals surface area contributed by atoms with Gasteiger partial charge in [-0.2, -0.15) is 4.39 Å². The zero-order chi connectivity index (χ0) is 16.8. The Labute approximate surface area is 139 Å². The van der Waals surface area contributed by atoms with E-state index in [0.29, 0.717) is 17.9 Å². The molecule has 1 aromatic rings. The Morgan fingerprint density at radius 2 is 1.74 bits per heavy atom. The molecule has 3 heteroatoms. The van der Waals surface area contributed by atoms with Crippen molar-refractivity contribution in [3.8, 4) is 5.75 Å².